The molecule has 0 atom stereocenters. The van der Waals surface area contributed by atoms with Gasteiger partial charge >= 0.3 is 0 Å². The van der Waals surface area contributed by atoms with Crippen LogP contribution in [-0.2, 0) is 13.1 Å². The summed E-state index contributed by atoms with van der Waals surface area (Å²) in [5, 5.41) is 6.60. The van der Waals surface area contributed by atoms with Gasteiger partial charge in [0.25, 0.3) is 0 Å². The first-order chi connectivity index (χ1) is 15.2. The van der Waals surface area contributed by atoms with E-state index in [1.165, 1.54) is 0 Å². The first-order valence-electron chi connectivity index (χ1n) is 10.1. The second kappa shape index (κ2) is 11.4. The summed E-state index contributed by atoms with van der Waals surface area (Å²) < 4.78 is 16.1. The van der Waals surface area contributed by atoms with E-state index in [4.69, 9.17) is 14.2 Å². The standard InChI is InChI=1S/C24H28N4O3/c1-4-25-24(27-15-18-5-8-20(29-2)9-6-18)28-17-19-7-14-23(26-16-19)31-22-12-10-21(30-3)11-13-22/h5-14,16H,4,15,17H2,1-3H3,(H2,25,27,28). The van der Waals surface area contributed by atoms with Gasteiger partial charge in [0.1, 0.15) is 17.2 Å². The minimum absolute atomic E-state index is 0.508. The second-order valence-electron chi connectivity index (χ2n) is 6.68. The fourth-order valence-corrected chi connectivity index (χ4v) is 2.77. The Morgan fingerprint density at radius 3 is 2.00 bits per heavy atom. The molecule has 0 aliphatic heterocycles. The van der Waals surface area contributed by atoms with Gasteiger partial charge in [-0.2, -0.15) is 0 Å². The van der Waals surface area contributed by atoms with Crippen molar-refractivity contribution in [2.75, 3.05) is 20.8 Å². The van der Waals surface area contributed by atoms with E-state index in [1.54, 1.807) is 20.4 Å². The van der Waals surface area contributed by atoms with Gasteiger partial charge in [0.2, 0.25) is 5.88 Å². The smallest absolute Gasteiger partial charge is 0.219 e. The first-order valence-corrected chi connectivity index (χ1v) is 10.1. The van der Waals surface area contributed by atoms with E-state index in [0.717, 1.165) is 35.1 Å². The lowest BCUT2D eigenvalue weighted by Crippen LogP contribution is -2.36. The summed E-state index contributed by atoms with van der Waals surface area (Å²) >= 11 is 0. The maximum Gasteiger partial charge on any atom is 0.219 e. The summed E-state index contributed by atoms with van der Waals surface area (Å²) in [5.41, 5.74) is 2.14. The van der Waals surface area contributed by atoms with Crippen LogP contribution in [0.1, 0.15) is 18.1 Å². The maximum atomic E-state index is 5.76. The number of benzene rings is 2. The van der Waals surface area contributed by atoms with Gasteiger partial charge in [-0.1, -0.05) is 18.2 Å². The zero-order valence-electron chi connectivity index (χ0n) is 18.1. The molecule has 0 bridgehead atoms. The molecule has 2 N–H and O–H groups in total. The molecule has 1 aromatic heterocycles. The van der Waals surface area contributed by atoms with Crippen LogP contribution < -0.4 is 24.8 Å². The number of guanidine groups is 1. The molecular weight excluding hydrogens is 392 g/mol. The Labute approximate surface area is 183 Å². The summed E-state index contributed by atoms with van der Waals surface area (Å²) in [6.07, 6.45) is 1.77. The average molecular weight is 421 g/mol. The highest BCUT2D eigenvalue weighted by molar-refractivity contribution is 5.79. The van der Waals surface area contributed by atoms with Crippen molar-refractivity contribution in [3.63, 3.8) is 0 Å². The number of hydrogen-bond donors (Lipinski definition) is 2. The third-order valence-corrected chi connectivity index (χ3v) is 4.46. The van der Waals surface area contributed by atoms with Gasteiger partial charge in [0.05, 0.1) is 20.8 Å². The Hall–Kier alpha value is -3.74. The minimum Gasteiger partial charge on any atom is -0.497 e. The minimum atomic E-state index is 0.508. The molecule has 0 aliphatic carbocycles. The summed E-state index contributed by atoms with van der Waals surface area (Å²) in [6.45, 7) is 4.00. The highest BCUT2D eigenvalue weighted by Crippen LogP contribution is 2.22. The Bertz CT molecular complexity index is 956. The molecule has 0 saturated carbocycles. The van der Waals surface area contributed by atoms with Gasteiger partial charge < -0.3 is 24.8 Å². The molecule has 0 saturated heterocycles. The van der Waals surface area contributed by atoms with Gasteiger partial charge in [0, 0.05) is 25.4 Å². The van der Waals surface area contributed by atoms with E-state index in [2.05, 4.69) is 20.6 Å². The van der Waals surface area contributed by atoms with E-state index < -0.39 is 0 Å². The van der Waals surface area contributed by atoms with Crippen LogP contribution in [0, 0.1) is 0 Å². The van der Waals surface area contributed by atoms with E-state index >= 15 is 0 Å². The number of nitrogens with zero attached hydrogens (tertiary/aromatic N) is 2. The monoisotopic (exact) mass is 420 g/mol. The van der Waals surface area contributed by atoms with Crippen LogP contribution in [0.25, 0.3) is 0 Å². The second-order valence-corrected chi connectivity index (χ2v) is 6.68. The highest BCUT2D eigenvalue weighted by Gasteiger charge is 2.02. The third-order valence-electron chi connectivity index (χ3n) is 4.46. The molecule has 0 radical (unpaired) electrons. The van der Waals surface area contributed by atoms with Crippen molar-refractivity contribution in [3.8, 4) is 23.1 Å². The van der Waals surface area contributed by atoms with E-state index in [1.807, 2.05) is 67.6 Å². The Morgan fingerprint density at radius 1 is 0.806 bits per heavy atom. The first kappa shape index (κ1) is 22.0. The maximum absolute atomic E-state index is 5.76. The molecule has 7 heteroatoms. The molecule has 3 rings (SSSR count). The zero-order valence-corrected chi connectivity index (χ0v) is 18.1. The number of hydrogen-bond acceptors (Lipinski definition) is 5. The van der Waals surface area contributed by atoms with Gasteiger partial charge in [0.15, 0.2) is 5.96 Å². The van der Waals surface area contributed by atoms with Crippen LogP contribution in [0.5, 0.6) is 23.1 Å². The van der Waals surface area contributed by atoms with Crippen molar-refractivity contribution in [3.05, 3.63) is 78.0 Å². The molecule has 0 fully saturated rings. The molecule has 162 valence electrons. The normalized spacial score (nSPS) is 11.0. The van der Waals surface area contributed by atoms with Crippen molar-refractivity contribution in [2.24, 2.45) is 4.99 Å². The van der Waals surface area contributed by atoms with Crippen molar-refractivity contribution in [1.29, 1.82) is 0 Å². The number of ether oxygens (including phenoxy) is 3. The lowest BCUT2D eigenvalue weighted by atomic mass is 10.2. The summed E-state index contributed by atoms with van der Waals surface area (Å²) in [6, 6.07) is 19.1. The zero-order chi connectivity index (χ0) is 21.9. The Morgan fingerprint density at radius 2 is 1.42 bits per heavy atom. The number of methoxy groups -OCH3 is 2. The van der Waals surface area contributed by atoms with Crippen LogP contribution in [0.15, 0.2) is 71.9 Å². The highest BCUT2D eigenvalue weighted by atomic mass is 16.5. The quantitative estimate of drug-likeness (QED) is 0.400. The summed E-state index contributed by atoms with van der Waals surface area (Å²) in [5.74, 6) is 3.61. The van der Waals surface area contributed by atoms with Crippen molar-refractivity contribution < 1.29 is 14.2 Å². The van der Waals surface area contributed by atoms with Crippen molar-refractivity contribution >= 4 is 5.96 Å². The molecule has 0 unspecified atom stereocenters. The Kier molecular flexibility index (Phi) is 8.11. The van der Waals surface area contributed by atoms with Gasteiger partial charge in [-0.25, -0.2) is 9.98 Å². The van der Waals surface area contributed by atoms with Crippen molar-refractivity contribution in [2.45, 2.75) is 20.0 Å². The predicted molar refractivity (Wildman–Crippen MR) is 122 cm³/mol. The molecule has 0 amide bonds. The van der Waals surface area contributed by atoms with E-state index in [0.29, 0.717) is 24.7 Å². The number of pyridine rings is 1. The fraction of sp³-hybridized carbons (Fsp3) is 0.250. The van der Waals surface area contributed by atoms with E-state index in [9.17, 15) is 0 Å². The molecular formula is C24H28N4O3. The van der Waals surface area contributed by atoms with Gasteiger partial charge in [-0.3, -0.25) is 0 Å². The van der Waals surface area contributed by atoms with Crippen LogP contribution in [0.3, 0.4) is 0 Å². The number of aromatic nitrogens is 1. The summed E-state index contributed by atoms with van der Waals surface area (Å²) in [7, 11) is 3.30. The van der Waals surface area contributed by atoms with Crippen LogP contribution in [-0.4, -0.2) is 31.7 Å². The van der Waals surface area contributed by atoms with Crippen molar-refractivity contribution in [1.82, 2.24) is 15.6 Å². The molecule has 1 heterocycles. The topological polar surface area (TPSA) is 77.0 Å². The Balaban J connectivity index is 1.55. The van der Waals surface area contributed by atoms with Crippen LogP contribution in [0.2, 0.25) is 0 Å². The van der Waals surface area contributed by atoms with E-state index in [-0.39, 0.29) is 0 Å². The summed E-state index contributed by atoms with van der Waals surface area (Å²) in [4.78, 5) is 9.02. The fourth-order valence-electron chi connectivity index (χ4n) is 2.77. The van der Waals surface area contributed by atoms with Gasteiger partial charge in [-0.05, 0) is 54.4 Å². The largest absolute Gasteiger partial charge is 0.497 e. The molecule has 0 aliphatic rings. The molecule has 2 aromatic carbocycles. The number of nitrogens with one attached hydrogen (secondary N) is 2. The predicted octanol–water partition coefficient (Wildman–Crippen LogP) is 4.15. The average Bonchev–Trinajstić information content (AvgIpc) is 2.82. The van der Waals surface area contributed by atoms with Crippen LogP contribution in [0.4, 0.5) is 0 Å². The third kappa shape index (κ3) is 6.92. The molecule has 31 heavy (non-hydrogen) atoms. The van der Waals surface area contributed by atoms with Crippen LogP contribution >= 0.6 is 0 Å². The number of aliphatic imine (C=N–C) groups is 1. The lowest BCUT2D eigenvalue weighted by molar-refractivity contribution is 0.412. The number of rotatable bonds is 9. The lowest BCUT2D eigenvalue weighted by Gasteiger charge is -2.12. The molecule has 3 aromatic rings. The SMILES string of the molecule is CCNC(=NCc1ccc(Oc2ccc(OC)cc2)nc1)NCc1ccc(OC)cc1. The van der Waals surface area contributed by atoms with Gasteiger partial charge in [-0.15, -0.1) is 0 Å². The molecule has 0 spiro atoms. The molecule has 7 nitrogen and oxygen atoms in total.